The standard InChI is InChI=1S/C19H17NO4/c1-2-23-15-7-9-17(10-8-15)24-16-5-3-14(4-6-16)13-20-18(21)11-12-19(20)22/h3-12H,2,13H2,1H3. The van der Waals surface area contributed by atoms with E-state index < -0.39 is 0 Å². The molecule has 1 aliphatic heterocycles. The zero-order chi connectivity index (χ0) is 16.9. The number of rotatable bonds is 6. The van der Waals surface area contributed by atoms with Gasteiger partial charge in [-0.3, -0.25) is 14.5 Å². The van der Waals surface area contributed by atoms with E-state index in [0.717, 1.165) is 11.3 Å². The van der Waals surface area contributed by atoms with Gasteiger partial charge in [-0.2, -0.15) is 0 Å². The van der Waals surface area contributed by atoms with E-state index in [2.05, 4.69) is 0 Å². The number of hydrogen-bond donors (Lipinski definition) is 0. The first-order valence-electron chi connectivity index (χ1n) is 7.69. The van der Waals surface area contributed by atoms with Gasteiger partial charge in [0.05, 0.1) is 13.2 Å². The Morgan fingerprint density at radius 3 is 1.83 bits per heavy atom. The summed E-state index contributed by atoms with van der Waals surface area (Å²) in [5.41, 5.74) is 0.861. The van der Waals surface area contributed by atoms with Gasteiger partial charge in [-0.05, 0) is 48.9 Å². The summed E-state index contributed by atoms with van der Waals surface area (Å²) in [7, 11) is 0. The Morgan fingerprint density at radius 1 is 0.792 bits per heavy atom. The highest BCUT2D eigenvalue weighted by molar-refractivity contribution is 6.12. The Morgan fingerprint density at radius 2 is 1.29 bits per heavy atom. The zero-order valence-corrected chi connectivity index (χ0v) is 13.3. The van der Waals surface area contributed by atoms with E-state index in [1.807, 2.05) is 55.5 Å². The van der Waals surface area contributed by atoms with E-state index in [1.165, 1.54) is 17.1 Å². The number of imide groups is 1. The maximum absolute atomic E-state index is 11.6. The van der Waals surface area contributed by atoms with Gasteiger partial charge in [0.2, 0.25) is 0 Å². The molecule has 2 aromatic rings. The molecule has 5 nitrogen and oxygen atoms in total. The van der Waals surface area contributed by atoms with Gasteiger partial charge >= 0.3 is 0 Å². The maximum atomic E-state index is 11.6. The number of amides is 2. The third-order valence-electron chi connectivity index (χ3n) is 3.54. The molecule has 24 heavy (non-hydrogen) atoms. The Kier molecular flexibility index (Phi) is 4.61. The number of carbonyl (C=O) groups excluding carboxylic acids is 2. The van der Waals surface area contributed by atoms with Crippen molar-refractivity contribution in [3.8, 4) is 17.2 Å². The predicted octanol–water partition coefficient (Wildman–Crippen LogP) is 3.30. The molecular weight excluding hydrogens is 306 g/mol. The molecule has 0 spiro atoms. The van der Waals surface area contributed by atoms with Crippen molar-refractivity contribution in [2.24, 2.45) is 0 Å². The summed E-state index contributed by atoms with van der Waals surface area (Å²) in [6.45, 7) is 2.82. The smallest absolute Gasteiger partial charge is 0.253 e. The molecule has 0 aromatic heterocycles. The Bertz CT molecular complexity index is 745. The quantitative estimate of drug-likeness (QED) is 0.765. The van der Waals surface area contributed by atoms with Crippen molar-refractivity contribution in [1.29, 1.82) is 0 Å². The normalized spacial score (nSPS) is 13.5. The van der Waals surface area contributed by atoms with E-state index in [-0.39, 0.29) is 18.4 Å². The van der Waals surface area contributed by atoms with Crippen LogP contribution < -0.4 is 9.47 Å². The van der Waals surface area contributed by atoms with Crippen molar-refractivity contribution in [1.82, 2.24) is 4.90 Å². The van der Waals surface area contributed by atoms with Crippen LogP contribution in [0.5, 0.6) is 17.2 Å². The van der Waals surface area contributed by atoms with Gasteiger partial charge in [0, 0.05) is 12.2 Å². The maximum Gasteiger partial charge on any atom is 0.253 e. The van der Waals surface area contributed by atoms with Gasteiger partial charge in [0.25, 0.3) is 11.8 Å². The molecule has 0 saturated heterocycles. The third-order valence-corrected chi connectivity index (χ3v) is 3.54. The van der Waals surface area contributed by atoms with Crippen LogP contribution in [0.4, 0.5) is 0 Å². The van der Waals surface area contributed by atoms with E-state index in [4.69, 9.17) is 9.47 Å². The van der Waals surface area contributed by atoms with Crippen molar-refractivity contribution >= 4 is 11.8 Å². The minimum absolute atomic E-state index is 0.258. The largest absolute Gasteiger partial charge is 0.494 e. The van der Waals surface area contributed by atoms with Crippen molar-refractivity contribution in [3.05, 3.63) is 66.2 Å². The van der Waals surface area contributed by atoms with Crippen LogP contribution in [0.25, 0.3) is 0 Å². The van der Waals surface area contributed by atoms with Crippen LogP contribution in [0.2, 0.25) is 0 Å². The van der Waals surface area contributed by atoms with E-state index in [1.54, 1.807) is 0 Å². The molecule has 0 atom stereocenters. The van der Waals surface area contributed by atoms with Gasteiger partial charge < -0.3 is 9.47 Å². The minimum atomic E-state index is -0.283. The molecule has 2 aromatic carbocycles. The Hall–Kier alpha value is -3.08. The van der Waals surface area contributed by atoms with Crippen LogP contribution in [0.3, 0.4) is 0 Å². The molecule has 0 unspecified atom stereocenters. The first kappa shape index (κ1) is 15.8. The summed E-state index contributed by atoms with van der Waals surface area (Å²) < 4.78 is 11.2. The first-order valence-corrected chi connectivity index (χ1v) is 7.69. The molecule has 5 heteroatoms. The summed E-state index contributed by atoms with van der Waals surface area (Å²) in [5.74, 6) is 1.62. The minimum Gasteiger partial charge on any atom is -0.494 e. The molecule has 0 bridgehead atoms. The lowest BCUT2D eigenvalue weighted by atomic mass is 10.2. The molecule has 122 valence electrons. The average Bonchev–Trinajstić information content (AvgIpc) is 2.90. The summed E-state index contributed by atoms with van der Waals surface area (Å²) in [6.07, 6.45) is 2.57. The second-order valence-corrected chi connectivity index (χ2v) is 5.25. The predicted molar refractivity (Wildman–Crippen MR) is 88.8 cm³/mol. The molecule has 1 aliphatic rings. The molecule has 3 rings (SSSR count). The van der Waals surface area contributed by atoms with Crippen LogP contribution in [0.1, 0.15) is 12.5 Å². The van der Waals surface area contributed by atoms with Crippen LogP contribution >= 0.6 is 0 Å². The Labute approximate surface area is 140 Å². The van der Waals surface area contributed by atoms with Crippen molar-refractivity contribution in [3.63, 3.8) is 0 Å². The monoisotopic (exact) mass is 323 g/mol. The molecule has 1 heterocycles. The highest BCUT2D eigenvalue weighted by Gasteiger charge is 2.23. The first-order chi connectivity index (χ1) is 11.7. The highest BCUT2D eigenvalue weighted by atomic mass is 16.5. The van der Waals surface area contributed by atoms with E-state index >= 15 is 0 Å². The van der Waals surface area contributed by atoms with Crippen molar-refractivity contribution in [2.75, 3.05) is 6.61 Å². The average molecular weight is 323 g/mol. The lowest BCUT2D eigenvalue weighted by Gasteiger charge is -2.14. The topological polar surface area (TPSA) is 55.8 Å². The highest BCUT2D eigenvalue weighted by Crippen LogP contribution is 2.24. The lowest BCUT2D eigenvalue weighted by Crippen LogP contribution is -2.29. The number of carbonyl (C=O) groups is 2. The molecule has 0 aliphatic carbocycles. The van der Waals surface area contributed by atoms with Crippen LogP contribution in [0, 0.1) is 0 Å². The molecular formula is C19H17NO4. The van der Waals surface area contributed by atoms with E-state index in [0.29, 0.717) is 18.1 Å². The second kappa shape index (κ2) is 7.00. The molecule has 0 saturated carbocycles. The molecule has 0 fully saturated rings. The van der Waals surface area contributed by atoms with Gasteiger partial charge in [-0.25, -0.2) is 0 Å². The number of nitrogens with zero attached hydrogens (tertiary/aromatic N) is 1. The van der Waals surface area contributed by atoms with Gasteiger partial charge in [-0.1, -0.05) is 12.1 Å². The summed E-state index contributed by atoms with van der Waals surface area (Å²) >= 11 is 0. The summed E-state index contributed by atoms with van der Waals surface area (Å²) in [4.78, 5) is 24.3. The number of hydrogen-bond acceptors (Lipinski definition) is 4. The van der Waals surface area contributed by atoms with Gasteiger partial charge in [0.1, 0.15) is 17.2 Å². The fourth-order valence-electron chi connectivity index (χ4n) is 2.34. The zero-order valence-electron chi connectivity index (χ0n) is 13.3. The van der Waals surface area contributed by atoms with Crippen LogP contribution in [0.15, 0.2) is 60.7 Å². The number of ether oxygens (including phenoxy) is 2. The van der Waals surface area contributed by atoms with Crippen molar-refractivity contribution in [2.45, 2.75) is 13.5 Å². The van der Waals surface area contributed by atoms with E-state index in [9.17, 15) is 9.59 Å². The fourth-order valence-corrected chi connectivity index (χ4v) is 2.34. The van der Waals surface area contributed by atoms with Gasteiger partial charge in [0.15, 0.2) is 0 Å². The van der Waals surface area contributed by atoms with Crippen LogP contribution in [-0.4, -0.2) is 23.3 Å². The lowest BCUT2D eigenvalue weighted by molar-refractivity contribution is -0.137. The van der Waals surface area contributed by atoms with Gasteiger partial charge in [-0.15, -0.1) is 0 Å². The Balaban J connectivity index is 1.62. The third kappa shape index (κ3) is 3.63. The summed E-state index contributed by atoms with van der Waals surface area (Å²) in [6, 6.07) is 14.7. The van der Waals surface area contributed by atoms with Crippen LogP contribution in [-0.2, 0) is 16.1 Å². The second-order valence-electron chi connectivity index (χ2n) is 5.25. The molecule has 0 radical (unpaired) electrons. The number of benzene rings is 2. The molecule has 2 amide bonds. The van der Waals surface area contributed by atoms with Crippen molar-refractivity contribution < 1.29 is 19.1 Å². The SMILES string of the molecule is CCOc1ccc(Oc2ccc(CN3C(=O)C=CC3=O)cc2)cc1. The summed E-state index contributed by atoms with van der Waals surface area (Å²) in [5, 5.41) is 0. The fraction of sp³-hybridized carbons (Fsp3) is 0.158. The molecule has 0 N–H and O–H groups in total.